The highest BCUT2D eigenvalue weighted by molar-refractivity contribution is 9.10. The summed E-state index contributed by atoms with van der Waals surface area (Å²) in [5, 5.41) is 9.06. The number of carbonyl (C=O) groups excluding carboxylic acids is 1. The summed E-state index contributed by atoms with van der Waals surface area (Å²) < 4.78 is 52.2. The summed E-state index contributed by atoms with van der Waals surface area (Å²) in [5.74, 6) is -1.04. The molecule has 0 bridgehead atoms. The van der Waals surface area contributed by atoms with Crippen LogP contribution < -0.4 is 4.74 Å². The van der Waals surface area contributed by atoms with Gasteiger partial charge in [-0.25, -0.2) is 4.79 Å². The van der Waals surface area contributed by atoms with Gasteiger partial charge in [-0.15, -0.1) is 0 Å². The number of benzene rings is 3. The maximum Gasteiger partial charge on any atom is 0.416 e. The molecule has 1 N–H and O–H groups in total. The van der Waals surface area contributed by atoms with Gasteiger partial charge in [0, 0.05) is 10.0 Å². The summed E-state index contributed by atoms with van der Waals surface area (Å²) in [6.45, 7) is 2.00. The van der Waals surface area contributed by atoms with E-state index >= 15 is 0 Å². The predicted octanol–water partition coefficient (Wildman–Crippen LogP) is 6.97. The van der Waals surface area contributed by atoms with Gasteiger partial charge in [0.25, 0.3) is 0 Å². The van der Waals surface area contributed by atoms with Crippen molar-refractivity contribution in [3.8, 4) is 11.5 Å². The zero-order valence-electron chi connectivity index (χ0n) is 19.0. The molecule has 0 aliphatic carbocycles. The van der Waals surface area contributed by atoms with Crippen molar-refractivity contribution in [1.29, 1.82) is 0 Å². The molecule has 0 saturated carbocycles. The third-order valence-corrected chi connectivity index (χ3v) is 6.33. The molecule has 36 heavy (non-hydrogen) atoms. The van der Waals surface area contributed by atoms with Gasteiger partial charge in [-0.05, 0) is 54.4 Å². The van der Waals surface area contributed by atoms with Gasteiger partial charge in [0.15, 0.2) is 0 Å². The average molecular weight is 564 g/mol. The lowest BCUT2D eigenvalue weighted by Gasteiger charge is -2.22. The smallest absolute Gasteiger partial charge is 0.416 e. The third-order valence-electron chi connectivity index (χ3n) is 5.83. The van der Waals surface area contributed by atoms with Crippen LogP contribution in [0.5, 0.6) is 11.5 Å². The monoisotopic (exact) mass is 563 g/mol. The maximum atomic E-state index is 13.3. The minimum absolute atomic E-state index is 0.0435. The van der Waals surface area contributed by atoms with E-state index < -0.39 is 41.9 Å². The Morgan fingerprint density at radius 1 is 1.08 bits per heavy atom. The third kappa shape index (κ3) is 5.64. The Morgan fingerprint density at radius 2 is 1.81 bits per heavy atom. The molecule has 1 heterocycles. The number of hydrogen-bond donors (Lipinski definition) is 1. The first-order chi connectivity index (χ1) is 17.0. The van der Waals surface area contributed by atoms with Crippen LogP contribution in [0.15, 0.2) is 71.2 Å². The fraction of sp³-hybridized carbons (Fsp3) is 0.231. The van der Waals surface area contributed by atoms with Crippen LogP contribution in [0.2, 0.25) is 0 Å². The number of aliphatic carboxylic acids is 1. The summed E-state index contributed by atoms with van der Waals surface area (Å²) in [4.78, 5) is 25.4. The van der Waals surface area contributed by atoms with Crippen molar-refractivity contribution in [2.45, 2.75) is 38.2 Å². The molecule has 188 valence electrons. The molecule has 1 aliphatic heterocycles. The highest BCUT2D eigenvalue weighted by atomic mass is 79.9. The van der Waals surface area contributed by atoms with E-state index in [1.165, 1.54) is 0 Å². The van der Waals surface area contributed by atoms with E-state index in [4.69, 9.17) is 14.6 Å². The van der Waals surface area contributed by atoms with E-state index in [-0.39, 0.29) is 18.3 Å². The largest absolute Gasteiger partial charge is 0.481 e. The summed E-state index contributed by atoms with van der Waals surface area (Å²) in [6.07, 6.45) is -6.46. The fourth-order valence-electron chi connectivity index (χ4n) is 4.10. The Balaban J connectivity index is 1.61. The number of amides is 1. The molecule has 10 heteroatoms. The number of rotatable bonds is 7. The van der Waals surface area contributed by atoms with Gasteiger partial charge in [-0.2, -0.15) is 13.2 Å². The first kappa shape index (κ1) is 25.6. The van der Waals surface area contributed by atoms with Crippen LogP contribution in [-0.4, -0.2) is 28.1 Å². The molecule has 4 rings (SSSR count). The van der Waals surface area contributed by atoms with Gasteiger partial charge < -0.3 is 14.6 Å². The van der Waals surface area contributed by atoms with Crippen molar-refractivity contribution >= 4 is 28.0 Å². The van der Waals surface area contributed by atoms with Crippen LogP contribution in [-0.2, 0) is 28.7 Å². The topological polar surface area (TPSA) is 76.1 Å². The number of nitrogens with zero attached hydrogens (tertiary/aromatic N) is 1. The van der Waals surface area contributed by atoms with E-state index in [0.717, 1.165) is 23.8 Å². The molecule has 1 saturated heterocycles. The van der Waals surface area contributed by atoms with Gasteiger partial charge in [-0.3, -0.25) is 9.69 Å². The Labute approximate surface area is 213 Å². The second-order valence-corrected chi connectivity index (χ2v) is 9.24. The van der Waals surface area contributed by atoms with Gasteiger partial charge >= 0.3 is 18.2 Å². The van der Waals surface area contributed by atoms with Crippen LogP contribution >= 0.6 is 15.9 Å². The van der Waals surface area contributed by atoms with Gasteiger partial charge in [0.2, 0.25) is 0 Å². The quantitative estimate of drug-likeness (QED) is 0.336. The van der Waals surface area contributed by atoms with Crippen molar-refractivity contribution < 1.29 is 37.3 Å². The lowest BCUT2D eigenvalue weighted by Crippen LogP contribution is -2.31. The van der Waals surface area contributed by atoms with Crippen LogP contribution in [0.25, 0.3) is 0 Å². The van der Waals surface area contributed by atoms with E-state index in [9.17, 15) is 22.8 Å². The van der Waals surface area contributed by atoms with Crippen LogP contribution in [0, 0.1) is 0 Å². The molecular formula is C26H21BrF3NO5. The van der Waals surface area contributed by atoms with E-state index in [1.807, 2.05) is 37.3 Å². The Hall–Kier alpha value is -3.53. The highest BCUT2D eigenvalue weighted by Gasteiger charge is 2.40. The summed E-state index contributed by atoms with van der Waals surface area (Å²) in [5.41, 5.74) is 0.00586. The summed E-state index contributed by atoms with van der Waals surface area (Å²) in [7, 11) is 0. The SMILES string of the molecule is C[C@@H]1[C@H](c2ccccc2)OC(=O)N1Cc1cc(Br)ccc1Oc1ccc(C(F)(F)F)c(CC(=O)O)c1. The molecule has 6 nitrogen and oxygen atoms in total. The zero-order chi connectivity index (χ0) is 26.0. The van der Waals surface area contributed by atoms with E-state index in [1.54, 1.807) is 23.1 Å². The summed E-state index contributed by atoms with van der Waals surface area (Å²) in [6, 6.07) is 17.1. The Kier molecular flexibility index (Phi) is 7.26. The molecule has 1 fully saturated rings. The lowest BCUT2D eigenvalue weighted by atomic mass is 10.0. The van der Waals surface area contributed by atoms with Gasteiger partial charge in [0.05, 0.1) is 24.6 Å². The zero-order valence-corrected chi connectivity index (χ0v) is 20.5. The molecule has 0 aromatic heterocycles. The van der Waals surface area contributed by atoms with Crippen LogP contribution in [0.4, 0.5) is 18.0 Å². The molecule has 2 atom stereocenters. The molecule has 0 spiro atoms. The molecule has 0 radical (unpaired) electrons. The van der Waals surface area contributed by atoms with Gasteiger partial charge in [-0.1, -0.05) is 46.3 Å². The second kappa shape index (κ2) is 10.2. The van der Waals surface area contributed by atoms with Gasteiger partial charge in [0.1, 0.15) is 17.6 Å². The number of carboxylic acids is 1. The lowest BCUT2D eigenvalue weighted by molar-refractivity contribution is -0.139. The number of halogens is 4. The van der Waals surface area contributed by atoms with Crippen molar-refractivity contribution in [3.05, 3.63) is 93.5 Å². The molecule has 3 aromatic carbocycles. The number of cyclic esters (lactones) is 1. The Bertz CT molecular complexity index is 1280. The number of carbonyl (C=O) groups is 2. The van der Waals surface area contributed by atoms with Crippen molar-refractivity contribution in [3.63, 3.8) is 0 Å². The predicted molar refractivity (Wildman–Crippen MR) is 128 cm³/mol. The van der Waals surface area contributed by atoms with Crippen LogP contribution in [0.1, 0.15) is 35.3 Å². The van der Waals surface area contributed by atoms with E-state index in [0.29, 0.717) is 15.8 Å². The number of alkyl halides is 3. The number of carboxylic acid groups (broad SMARTS) is 1. The number of ether oxygens (including phenoxy) is 2. The summed E-state index contributed by atoms with van der Waals surface area (Å²) >= 11 is 3.40. The minimum atomic E-state index is -4.70. The van der Waals surface area contributed by atoms with Crippen molar-refractivity contribution in [1.82, 2.24) is 4.90 Å². The first-order valence-corrected chi connectivity index (χ1v) is 11.7. The normalized spacial score (nSPS) is 17.7. The fourth-order valence-corrected chi connectivity index (χ4v) is 4.51. The van der Waals surface area contributed by atoms with Crippen LogP contribution in [0.3, 0.4) is 0 Å². The Morgan fingerprint density at radius 3 is 2.47 bits per heavy atom. The molecule has 3 aromatic rings. The van der Waals surface area contributed by atoms with E-state index in [2.05, 4.69) is 15.9 Å². The standard InChI is InChI=1S/C26H21BrF3NO5/c1-15-24(16-5-3-2-4-6-16)36-25(34)31(15)14-18-11-19(27)7-10-22(18)35-20-8-9-21(26(28,29)30)17(12-20)13-23(32)33/h2-12,15,24H,13-14H2,1H3,(H,32,33)/t15-,24-/m1/s1. The highest BCUT2D eigenvalue weighted by Crippen LogP contribution is 2.38. The molecule has 1 amide bonds. The first-order valence-electron chi connectivity index (χ1n) is 10.9. The molecule has 0 unspecified atom stereocenters. The second-order valence-electron chi connectivity index (χ2n) is 8.32. The number of hydrogen-bond acceptors (Lipinski definition) is 4. The minimum Gasteiger partial charge on any atom is -0.481 e. The van der Waals surface area contributed by atoms with Crippen molar-refractivity contribution in [2.75, 3.05) is 0 Å². The maximum absolute atomic E-state index is 13.3. The molecule has 1 aliphatic rings. The van der Waals surface area contributed by atoms with Crippen molar-refractivity contribution in [2.24, 2.45) is 0 Å². The average Bonchev–Trinajstić information content (AvgIpc) is 3.09. The molecular weight excluding hydrogens is 543 g/mol.